The normalized spacial score (nSPS) is 17.7. The second kappa shape index (κ2) is 7.63. The van der Waals surface area contributed by atoms with E-state index in [1.54, 1.807) is 6.92 Å². The maximum Gasteiger partial charge on any atom is 0.135 e. The number of aliphatic hydroxyl groups excluding tert-OH is 1. The molecule has 0 amide bonds. The summed E-state index contributed by atoms with van der Waals surface area (Å²) in [4.78, 5) is 11.3. The molecule has 0 aliphatic rings. The van der Waals surface area contributed by atoms with Crippen molar-refractivity contribution in [3.63, 3.8) is 0 Å². The predicted molar refractivity (Wildman–Crippen MR) is 63.7 cm³/mol. The molecule has 0 fully saturated rings. The van der Waals surface area contributed by atoms with E-state index < -0.39 is 6.10 Å². The topological polar surface area (TPSA) is 37.3 Å². The van der Waals surface area contributed by atoms with E-state index >= 15 is 0 Å². The summed E-state index contributed by atoms with van der Waals surface area (Å²) in [6.45, 7) is 7.59. The molecule has 0 aromatic rings. The molecule has 0 saturated carbocycles. The van der Waals surface area contributed by atoms with Crippen molar-refractivity contribution >= 4 is 5.78 Å². The highest BCUT2D eigenvalue weighted by molar-refractivity contribution is 5.78. The first-order valence-electron chi connectivity index (χ1n) is 5.88. The summed E-state index contributed by atoms with van der Waals surface area (Å²) in [5, 5.41) is 9.99. The molecule has 0 aromatic heterocycles. The van der Waals surface area contributed by atoms with E-state index in [1.807, 2.05) is 13.8 Å². The van der Waals surface area contributed by atoms with Crippen LogP contribution in [0.1, 0.15) is 47.0 Å². The van der Waals surface area contributed by atoms with Gasteiger partial charge in [0.2, 0.25) is 0 Å². The SMILES string of the molecule is CC/C=C/C[C@@H](C)C(O)[C@H](CC)C(C)=O. The molecule has 0 saturated heterocycles. The maximum atomic E-state index is 11.3. The molecule has 0 bridgehead atoms. The number of Topliss-reactive ketones (excluding diaryl/α,β-unsaturated/α-hetero) is 1. The summed E-state index contributed by atoms with van der Waals surface area (Å²) >= 11 is 0. The molecule has 0 radical (unpaired) electrons. The summed E-state index contributed by atoms with van der Waals surface area (Å²) in [5.74, 6) is 0.0491. The minimum Gasteiger partial charge on any atom is -0.392 e. The fourth-order valence-electron chi connectivity index (χ4n) is 1.78. The van der Waals surface area contributed by atoms with Gasteiger partial charge in [0.1, 0.15) is 5.78 Å². The zero-order valence-corrected chi connectivity index (χ0v) is 10.4. The van der Waals surface area contributed by atoms with Gasteiger partial charge in [0.15, 0.2) is 0 Å². The number of allylic oxidation sites excluding steroid dienone is 2. The van der Waals surface area contributed by atoms with Gasteiger partial charge in [0.05, 0.1) is 6.10 Å². The summed E-state index contributed by atoms with van der Waals surface area (Å²) < 4.78 is 0. The second-order valence-electron chi connectivity index (χ2n) is 4.21. The minimum atomic E-state index is -0.506. The standard InChI is InChI=1S/C13H24O2/c1-5-7-8-9-10(3)13(15)12(6-2)11(4)14/h7-8,10,12-13,15H,5-6,9H2,1-4H3/b8-7+/t10-,12-,13?/m1/s1. The number of hydrogen-bond acceptors (Lipinski definition) is 2. The largest absolute Gasteiger partial charge is 0.392 e. The predicted octanol–water partition coefficient (Wildman–Crippen LogP) is 2.95. The third kappa shape index (κ3) is 5.12. The third-order valence-electron chi connectivity index (χ3n) is 2.87. The van der Waals surface area contributed by atoms with Crippen LogP contribution in [0.25, 0.3) is 0 Å². The molecular formula is C13H24O2. The number of carbonyl (C=O) groups excluding carboxylic acids is 1. The molecule has 0 heterocycles. The fraction of sp³-hybridized carbons (Fsp3) is 0.769. The molecule has 1 N–H and O–H groups in total. The molecule has 0 aliphatic heterocycles. The quantitative estimate of drug-likeness (QED) is 0.659. The Morgan fingerprint density at radius 3 is 2.33 bits per heavy atom. The van der Waals surface area contributed by atoms with Crippen LogP contribution in [0.15, 0.2) is 12.2 Å². The molecule has 2 heteroatoms. The average Bonchev–Trinajstić information content (AvgIpc) is 2.18. The van der Waals surface area contributed by atoms with Gasteiger partial charge in [0, 0.05) is 5.92 Å². The Morgan fingerprint density at radius 1 is 1.33 bits per heavy atom. The van der Waals surface area contributed by atoms with Crippen LogP contribution in [0.2, 0.25) is 0 Å². The van der Waals surface area contributed by atoms with E-state index in [4.69, 9.17) is 0 Å². The Hall–Kier alpha value is -0.630. The van der Waals surface area contributed by atoms with Crippen molar-refractivity contribution in [1.29, 1.82) is 0 Å². The van der Waals surface area contributed by atoms with Crippen LogP contribution in [-0.2, 0) is 4.79 Å². The van der Waals surface area contributed by atoms with Crippen LogP contribution in [0, 0.1) is 11.8 Å². The van der Waals surface area contributed by atoms with Crippen molar-refractivity contribution in [3.05, 3.63) is 12.2 Å². The van der Waals surface area contributed by atoms with E-state index in [2.05, 4.69) is 19.1 Å². The van der Waals surface area contributed by atoms with Gasteiger partial charge >= 0.3 is 0 Å². The van der Waals surface area contributed by atoms with Gasteiger partial charge in [-0.05, 0) is 32.1 Å². The summed E-state index contributed by atoms with van der Waals surface area (Å²) in [5.41, 5.74) is 0. The smallest absolute Gasteiger partial charge is 0.135 e. The van der Waals surface area contributed by atoms with E-state index in [0.29, 0.717) is 0 Å². The van der Waals surface area contributed by atoms with Crippen LogP contribution in [-0.4, -0.2) is 17.0 Å². The zero-order chi connectivity index (χ0) is 11.8. The van der Waals surface area contributed by atoms with Crippen LogP contribution in [0.5, 0.6) is 0 Å². The van der Waals surface area contributed by atoms with Crippen molar-refractivity contribution < 1.29 is 9.90 Å². The van der Waals surface area contributed by atoms with Gasteiger partial charge in [-0.1, -0.05) is 32.9 Å². The van der Waals surface area contributed by atoms with Gasteiger partial charge < -0.3 is 5.11 Å². The Bertz CT molecular complexity index is 209. The lowest BCUT2D eigenvalue weighted by atomic mass is 9.86. The highest BCUT2D eigenvalue weighted by Gasteiger charge is 2.25. The molecular weight excluding hydrogens is 188 g/mol. The second-order valence-corrected chi connectivity index (χ2v) is 4.21. The Balaban J connectivity index is 4.21. The molecule has 15 heavy (non-hydrogen) atoms. The van der Waals surface area contributed by atoms with Crippen molar-refractivity contribution in [3.8, 4) is 0 Å². The van der Waals surface area contributed by atoms with Gasteiger partial charge in [-0.15, -0.1) is 0 Å². The van der Waals surface area contributed by atoms with Crippen molar-refractivity contribution in [1.82, 2.24) is 0 Å². The summed E-state index contributed by atoms with van der Waals surface area (Å²) in [6, 6.07) is 0. The van der Waals surface area contributed by atoms with Gasteiger partial charge in [-0.2, -0.15) is 0 Å². The molecule has 2 nitrogen and oxygen atoms in total. The lowest BCUT2D eigenvalue weighted by Gasteiger charge is -2.24. The highest BCUT2D eigenvalue weighted by Crippen LogP contribution is 2.20. The van der Waals surface area contributed by atoms with Crippen LogP contribution in [0.4, 0.5) is 0 Å². The van der Waals surface area contributed by atoms with Crippen LogP contribution in [0.3, 0.4) is 0 Å². The van der Waals surface area contributed by atoms with Gasteiger partial charge in [-0.3, -0.25) is 4.79 Å². The molecule has 3 atom stereocenters. The van der Waals surface area contributed by atoms with E-state index in [0.717, 1.165) is 19.3 Å². The lowest BCUT2D eigenvalue weighted by molar-refractivity contribution is -0.125. The first-order valence-corrected chi connectivity index (χ1v) is 5.88. The van der Waals surface area contributed by atoms with Gasteiger partial charge in [0.25, 0.3) is 0 Å². The number of rotatable bonds is 7. The Morgan fingerprint density at radius 2 is 1.93 bits per heavy atom. The number of carbonyl (C=O) groups is 1. The number of aliphatic hydroxyl groups is 1. The van der Waals surface area contributed by atoms with Crippen LogP contribution < -0.4 is 0 Å². The monoisotopic (exact) mass is 212 g/mol. The highest BCUT2D eigenvalue weighted by atomic mass is 16.3. The van der Waals surface area contributed by atoms with E-state index in [1.165, 1.54) is 0 Å². The Kier molecular flexibility index (Phi) is 7.31. The zero-order valence-electron chi connectivity index (χ0n) is 10.4. The van der Waals surface area contributed by atoms with Crippen LogP contribution >= 0.6 is 0 Å². The maximum absolute atomic E-state index is 11.3. The molecule has 0 aliphatic carbocycles. The van der Waals surface area contributed by atoms with E-state index in [-0.39, 0.29) is 17.6 Å². The van der Waals surface area contributed by atoms with Crippen molar-refractivity contribution in [2.75, 3.05) is 0 Å². The third-order valence-corrected chi connectivity index (χ3v) is 2.87. The fourth-order valence-corrected chi connectivity index (χ4v) is 1.78. The summed E-state index contributed by atoms with van der Waals surface area (Å²) in [7, 11) is 0. The van der Waals surface area contributed by atoms with Crippen molar-refractivity contribution in [2.45, 2.75) is 53.1 Å². The molecule has 1 unspecified atom stereocenters. The lowest BCUT2D eigenvalue weighted by Crippen LogP contribution is -2.31. The first kappa shape index (κ1) is 14.4. The van der Waals surface area contributed by atoms with E-state index in [9.17, 15) is 9.90 Å². The first-order chi connectivity index (χ1) is 7.04. The Labute approximate surface area is 93.4 Å². The number of ketones is 1. The minimum absolute atomic E-state index is 0.0938. The molecule has 0 rings (SSSR count). The number of hydrogen-bond donors (Lipinski definition) is 1. The van der Waals surface area contributed by atoms with Gasteiger partial charge in [-0.25, -0.2) is 0 Å². The molecule has 0 aromatic carbocycles. The molecule has 0 spiro atoms. The van der Waals surface area contributed by atoms with Crippen molar-refractivity contribution in [2.24, 2.45) is 11.8 Å². The summed E-state index contributed by atoms with van der Waals surface area (Å²) in [6.07, 6.45) is 6.26. The molecule has 88 valence electrons. The average molecular weight is 212 g/mol.